The molecule has 2 amide bonds. The van der Waals surface area contributed by atoms with Crippen LogP contribution in [0, 0.1) is 6.92 Å². The molecule has 0 aliphatic carbocycles. The van der Waals surface area contributed by atoms with Crippen LogP contribution in [0.15, 0.2) is 47.4 Å². The molecule has 2 aromatic carbocycles. The van der Waals surface area contributed by atoms with Gasteiger partial charge in [0.15, 0.2) is 0 Å². The number of nitrogens with two attached hydrogens (primary N) is 1. The molecule has 8 heteroatoms. The van der Waals surface area contributed by atoms with Crippen molar-refractivity contribution in [2.45, 2.75) is 31.1 Å². The second-order valence-corrected chi connectivity index (χ2v) is 8.74. The number of carbonyl (C=O) groups is 2. The van der Waals surface area contributed by atoms with Crippen molar-refractivity contribution in [2.24, 2.45) is 5.73 Å². The molecule has 28 heavy (non-hydrogen) atoms. The first-order valence-electron chi connectivity index (χ1n) is 9.11. The second kappa shape index (κ2) is 8.12. The quantitative estimate of drug-likeness (QED) is 0.802. The molecule has 1 aliphatic heterocycles. The Hall–Kier alpha value is -2.71. The van der Waals surface area contributed by atoms with Crippen molar-refractivity contribution >= 4 is 27.5 Å². The number of hydrogen-bond donors (Lipinski definition) is 2. The Balaban J connectivity index is 1.91. The number of hydrogen-bond acceptors (Lipinski definition) is 4. The van der Waals surface area contributed by atoms with E-state index < -0.39 is 21.8 Å². The minimum atomic E-state index is -3.65. The number of primary amides is 1. The summed E-state index contributed by atoms with van der Waals surface area (Å²) in [6, 6.07) is 10.9. The van der Waals surface area contributed by atoms with Gasteiger partial charge in [0.2, 0.25) is 10.0 Å². The van der Waals surface area contributed by atoms with Gasteiger partial charge in [0.05, 0.1) is 16.1 Å². The Morgan fingerprint density at radius 2 is 1.68 bits per heavy atom. The first kappa shape index (κ1) is 20.0. The number of benzene rings is 2. The molecular weight excluding hydrogens is 378 g/mol. The minimum absolute atomic E-state index is 0.0911. The molecule has 0 unspecified atom stereocenters. The highest BCUT2D eigenvalue weighted by molar-refractivity contribution is 7.89. The highest BCUT2D eigenvalue weighted by Gasteiger charge is 2.27. The van der Waals surface area contributed by atoms with Gasteiger partial charge in [-0.25, -0.2) is 8.42 Å². The third kappa shape index (κ3) is 4.07. The summed E-state index contributed by atoms with van der Waals surface area (Å²) in [5.41, 5.74) is 6.68. The van der Waals surface area contributed by atoms with Crippen molar-refractivity contribution < 1.29 is 18.0 Å². The van der Waals surface area contributed by atoms with Crippen LogP contribution in [-0.2, 0) is 10.0 Å². The number of anilines is 1. The monoisotopic (exact) mass is 401 g/mol. The predicted octanol–water partition coefficient (Wildman–Crippen LogP) is 2.52. The number of piperidine rings is 1. The van der Waals surface area contributed by atoms with Crippen molar-refractivity contribution in [1.82, 2.24) is 4.31 Å². The number of rotatable bonds is 5. The van der Waals surface area contributed by atoms with Crippen LogP contribution < -0.4 is 11.1 Å². The van der Waals surface area contributed by atoms with Crippen molar-refractivity contribution in [3.8, 4) is 0 Å². The van der Waals surface area contributed by atoms with E-state index in [9.17, 15) is 18.0 Å². The van der Waals surface area contributed by atoms with Gasteiger partial charge in [-0.05, 0) is 49.6 Å². The van der Waals surface area contributed by atoms with Gasteiger partial charge in [-0.2, -0.15) is 4.31 Å². The maximum absolute atomic E-state index is 12.9. The summed E-state index contributed by atoms with van der Waals surface area (Å²) in [5.74, 6) is -1.16. The molecule has 148 valence electrons. The Labute approximate surface area is 164 Å². The maximum Gasteiger partial charge on any atom is 0.255 e. The van der Waals surface area contributed by atoms with E-state index in [1.54, 1.807) is 31.2 Å². The fourth-order valence-electron chi connectivity index (χ4n) is 3.26. The van der Waals surface area contributed by atoms with Gasteiger partial charge >= 0.3 is 0 Å². The molecule has 0 atom stereocenters. The Bertz CT molecular complexity index is 1010. The molecule has 3 rings (SSSR count). The van der Waals surface area contributed by atoms with Crippen LogP contribution in [0.3, 0.4) is 0 Å². The van der Waals surface area contributed by atoms with Crippen molar-refractivity contribution in [3.05, 3.63) is 59.2 Å². The topological polar surface area (TPSA) is 110 Å². The van der Waals surface area contributed by atoms with Gasteiger partial charge in [0.25, 0.3) is 11.8 Å². The number of amides is 2. The highest BCUT2D eigenvalue weighted by atomic mass is 32.2. The molecule has 0 bridgehead atoms. The van der Waals surface area contributed by atoms with Gasteiger partial charge in [0.1, 0.15) is 0 Å². The van der Waals surface area contributed by atoms with Crippen LogP contribution in [0.5, 0.6) is 0 Å². The average molecular weight is 401 g/mol. The van der Waals surface area contributed by atoms with Crippen molar-refractivity contribution in [2.75, 3.05) is 18.4 Å². The van der Waals surface area contributed by atoms with E-state index in [1.165, 1.54) is 22.5 Å². The van der Waals surface area contributed by atoms with Crippen LogP contribution in [0.4, 0.5) is 5.69 Å². The summed E-state index contributed by atoms with van der Waals surface area (Å²) < 4.78 is 27.3. The molecule has 2 aromatic rings. The van der Waals surface area contributed by atoms with Crippen LogP contribution >= 0.6 is 0 Å². The summed E-state index contributed by atoms with van der Waals surface area (Å²) in [6.45, 7) is 2.71. The molecular formula is C20H23N3O4S. The summed E-state index contributed by atoms with van der Waals surface area (Å²) in [7, 11) is -3.65. The zero-order valence-electron chi connectivity index (χ0n) is 15.6. The number of carbonyl (C=O) groups excluding carboxylic acids is 2. The zero-order chi connectivity index (χ0) is 20.3. The van der Waals surface area contributed by atoms with E-state index in [1.807, 2.05) is 0 Å². The van der Waals surface area contributed by atoms with E-state index in [0.717, 1.165) is 19.3 Å². The number of para-hydroxylation sites is 1. The van der Waals surface area contributed by atoms with E-state index in [-0.39, 0.29) is 21.7 Å². The molecule has 0 saturated carbocycles. The summed E-state index contributed by atoms with van der Waals surface area (Å²) in [5, 5.41) is 2.66. The molecule has 1 heterocycles. The van der Waals surface area contributed by atoms with E-state index in [2.05, 4.69) is 5.32 Å². The third-order valence-electron chi connectivity index (χ3n) is 4.85. The zero-order valence-corrected chi connectivity index (χ0v) is 16.5. The van der Waals surface area contributed by atoms with E-state index in [0.29, 0.717) is 18.7 Å². The molecule has 0 spiro atoms. The molecule has 1 aliphatic rings. The third-order valence-corrected chi connectivity index (χ3v) is 6.74. The molecule has 1 fully saturated rings. The van der Waals surface area contributed by atoms with Gasteiger partial charge in [-0.1, -0.05) is 24.6 Å². The van der Waals surface area contributed by atoms with Crippen LogP contribution in [-0.4, -0.2) is 37.6 Å². The first-order valence-corrected chi connectivity index (χ1v) is 10.6. The molecule has 3 N–H and O–H groups in total. The van der Waals surface area contributed by atoms with Gasteiger partial charge < -0.3 is 11.1 Å². The van der Waals surface area contributed by atoms with Crippen molar-refractivity contribution in [1.29, 1.82) is 0 Å². The Kier molecular flexibility index (Phi) is 5.81. The van der Waals surface area contributed by atoms with Crippen LogP contribution in [0.2, 0.25) is 0 Å². The average Bonchev–Trinajstić information content (AvgIpc) is 2.69. The normalized spacial score (nSPS) is 15.2. The van der Waals surface area contributed by atoms with Gasteiger partial charge in [-0.15, -0.1) is 0 Å². The maximum atomic E-state index is 12.9. The molecule has 0 aromatic heterocycles. The number of nitrogens with zero attached hydrogens (tertiary/aromatic N) is 1. The first-order chi connectivity index (χ1) is 13.3. The van der Waals surface area contributed by atoms with E-state index in [4.69, 9.17) is 5.73 Å². The Morgan fingerprint density at radius 1 is 1.00 bits per heavy atom. The fourth-order valence-corrected chi connectivity index (χ4v) is 4.80. The predicted molar refractivity (Wildman–Crippen MR) is 107 cm³/mol. The molecule has 0 radical (unpaired) electrons. The van der Waals surface area contributed by atoms with E-state index >= 15 is 0 Å². The number of aryl methyl sites for hydroxylation is 1. The Morgan fingerprint density at radius 3 is 2.36 bits per heavy atom. The fraction of sp³-hybridized carbons (Fsp3) is 0.300. The van der Waals surface area contributed by atoms with Crippen LogP contribution in [0.1, 0.15) is 45.5 Å². The number of nitrogens with one attached hydrogen (secondary N) is 1. The van der Waals surface area contributed by atoms with Gasteiger partial charge in [-0.3, -0.25) is 9.59 Å². The summed E-state index contributed by atoms with van der Waals surface area (Å²) in [4.78, 5) is 24.4. The van der Waals surface area contributed by atoms with Gasteiger partial charge in [0, 0.05) is 18.7 Å². The largest absolute Gasteiger partial charge is 0.366 e. The lowest BCUT2D eigenvalue weighted by Gasteiger charge is -2.26. The SMILES string of the molecule is Cc1ccc(S(=O)(=O)N2CCCCC2)cc1C(=O)Nc1ccccc1C(N)=O. The lowest BCUT2D eigenvalue weighted by atomic mass is 10.1. The lowest BCUT2D eigenvalue weighted by Crippen LogP contribution is -2.35. The van der Waals surface area contributed by atoms with Crippen LogP contribution in [0.25, 0.3) is 0 Å². The summed E-state index contributed by atoms with van der Waals surface area (Å²) in [6.07, 6.45) is 2.69. The molecule has 7 nitrogen and oxygen atoms in total. The smallest absolute Gasteiger partial charge is 0.255 e. The number of sulfonamides is 1. The lowest BCUT2D eigenvalue weighted by molar-refractivity contribution is 0.100. The molecule has 1 saturated heterocycles. The standard InChI is InChI=1S/C20H23N3O4S/c1-14-9-10-15(28(26,27)23-11-5-2-6-12-23)13-17(14)20(25)22-18-8-4-3-7-16(18)19(21)24/h3-4,7-10,13H,2,5-6,11-12H2,1H3,(H2,21,24)(H,22,25). The minimum Gasteiger partial charge on any atom is -0.366 e. The summed E-state index contributed by atoms with van der Waals surface area (Å²) >= 11 is 0. The highest BCUT2D eigenvalue weighted by Crippen LogP contribution is 2.24. The van der Waals surface area contributed by atoms with Crippen molar-refractivity contribution in [3.63, 3.8) is 0 Å². The second-order valence-electron chi connectivity index (χ2n) is 6.81.